The zero-order valence-corrected chi connectivity index (χ0v) is 16.6. The predicted molar refractivity (Wildman–Crippen MR) is 97.6 cm³/mol. The van der Waals surface area contributed by atoms with E-state index in [1.807, 2.05) is 0 Å². The quantitative estimate of drug-likeness (QED) is 0.727. The summed E-state index contributed by atoms with van der Waals surface area (Å²) >= 11 is 0. The third kappa shape index (κ3) is 2.56. The lowest BCUT2D eigenvalue weighted by molar-refractivity contribution is -0.267. The first-order chi connectivity index (χ1) is 12.8. The van der Waals surface area contributed by atoms with Gasteiger partial charge in [-0.3, -0.25) is 0 Å². The third-order valence-corrected chi connectivity index (χ3v) is 8.42. The summed E-state index contributed by atoms with van der Waals surface area (Å²) in [4.78, 5) is 11.4. The largest absolute Gasteiger partial charge is 0.458 e. The van der Waals surface area contributed by atoms with E-state index >= 15 is 0 Å². The van der Waals surface area contributed by atoms with Crippen LogP contribution in [0.15, 0.2) is 11.6 Å². The van der Waals surface area contributed by atoms with Crippen LogP contribution in [0.4, 0.5) is 0 Å². The second-order valence-corrected chi connectivity index (χ2v) is 9.34. The highest BCUT2D eigenvalue weighted by molar-refractivity contribution is 5.85. The van der Waals surface area contributed by atoms with Crippen molar-refractivity contribution in [2.45, 2.75) is 70.4 Å². The summed E-state index contributed by atoms with van der Waals surface area (Å²) in [7, 11) is 1.63. The molecule has 0 aromatic rings. The molecule has 0 amide bonds. The van der Waals surface area contributed by atoms with E-state index in [0.29, 0.717) is 18.9 Å². The number of cyclic esters (lactones) is 1. The smallest absolute Gasteiger partial charge is 0.331 e. The van der Waals surface area contributed by atoms with Crippen molar-refractivity contribution in [3.63, 3.8) is 0 Å². The lowest BCUT2D eigenvalue weighted by Gasteiger charge is -2.63. The van der Waals surface area contributed by atoms with Gasteiger partial charge in [0.1, 0.15) is 12.2 Å². The highest BCUT2D eigenvalue weighted by Crippen LogP contribution is 2.68. The maximum absolute atomic E-state index is 11.6. The normalized spacial score (nSPS) is 49.4. The molecule has 152 valence electrons. The van der Waals surface area contributed by atoms with E-state index in [1.54, 1.807) is 13.2 Å². The second kappa shape index (κ2) is 6.55. The minimum Gasteiger partial charge on any atom is -0.458 e. The number of carbonyl (C=O) groups is 1. The van der Waals surface area contributed by atoms with Crippen LogP contribution in [-0.2, 0) is 19.0 Å². The monoisotopic (exact) mass is 380 g/mol. The van der Waals surface area contributed by atoms with Crippen molar-refractivity contribution in [1.29, 1.82) is 0 Å². The molecule has 6 nitrogen and oxygen atoms in total. The first-order valence-electron chi connectivity index (χ1n) is 10.2. The fraction of sp³-hybridized carbons (Fsp3) is 0.857. The molecular weight excluding hydrogens is 348 g/mol. The van der Waals surface area contributed by atoms with E-state index in [4.69, 9.17) is 14.2 Å². The Morgan fingerprint density at radius 3 is 2.78 bits per heavy atom. The van der Waals surface area contributed by atoms with Gasteiger partial charge in [0.2, 0.25) is 0 Å². The fourth-order valence-electron chi connectivity index (χ4n) is 6.63. The first kappa shape index (κ1) is 19.4. The van der Waals surface area contributed by atoms with E-state index in [-0.39, 0.29) is 23.9 Å². The zero-order valence-electron chi connectivity index (χ0n) is 16.6. The Kier molecular flexibility index (Phi) is 4.70. The molecule has 27 heavy (non-hydrogen) atoms. The topological polar surface area (TPSA) is 85.2 Å². The summed E-state index contributed by atoms with van der Waals surface area (Å²) in [6.45, 7) is 5.12. The van der Waals surface area contributed by atoms with Crippen LogP contribution in [0, 0.1) is 22.7 Å². The molecule has 1 saturated heterocycles. The number of rotatable bonds is 4. The predicted octanol–water partition coefficient (Wildman–Crippen LogP) is 2.18. The van der Waals surface area contributed by atoms with Crippen LogP contribution in [0.2, 0.25) is 0 Å². The van der Waals surface area contributed by atoms with Crippen LogP contribution in [-0.4, -0.2) is 54.5 Å². The van der Waals surface area contributed by atoms with Gasteiger partial charge in [-0.05, 0) is 61.3 Å². The van der Waals surface area contributed by atoms with Gasteiger partial charge in [-0.2, -0.15) is 0 Å². The number of aliphatic hydroxyl groups excluding tert-OH is 1. The van der Waals surface area contributed by atoms with Gasteiger partial charge in [0.25, 0.3) is 0 Å². The van der Waals surface area contributed by atoms with Gasteiger partial charge in [-0.15, -0.1) is 0 Å². The van der Waals surface area contributed by atoms with E-state index in [2.05, 4.69) is 13.8 Å². The minimum atomic E-state index is -1.26. The maximum atomic E-state index is 11.6. The molecule has 0 unspecified atom stereocenters. The van der Waals surface area contributed by atoms with Crippen LogP contribution in [0.25, 0.3) is 0 Å². The number of methoxy groups -OCH3 is 1. The van der Waals surface area contributed by atoms with Crippen LogP contribution >= 0.6 is 0 Å². The number of hydrogen-bond donors (Lipinski definition) is 2. The molecule has 2 saturated carbocycles. The molecule has 2 aliphatic carbocycles. The Balaban J connectivity index is 1.68. The van der Waals surface area contributed by atoms with E-state index < -0.39 is 23.4 Å². The van der Waals surface area contributed by atoms with Gasteiger partial charge in [0.15, 0.2) is 6.29 Å². The standard InChI is InChI=1S/C21H32O6/c1-13-6-9-20-15(19(13,2)8-7-14-10-17(23)26-11-14)4-5-16(22)21(20,24)12-27-18(20)25-3/h10,13,15-16,18,22,24H,4-9,11-12H2,1-3H3/t13-,15-,16+,18-,19+,20+,21-/m0/s1. The van der Waals surface area contributed by atoms with Crippen molar-refractivity contribution in [1.82, 2.24) is 0 Å². The Morgan fingerprint density at radius 2 is 2.11 bits per heavy atom. The highest BCUT2D eigenvalue weighted by atomic mass is 16.7. The number of ether oxygens (including phenoxy) is 3. The summed E-state index contributed by atoms with van der Waals surface area (Å²) in [5.74, 6) is 0.416. The summed E-state index contributed by atoms with van der Waals surface area (Å²) in [5, 5.41) is 22.3. The molecular formula is C21H32O6. The molecule has 0 radical (unpaired) electrons. The number of esters is 1. The van der Waals surface area contributed by atoms with Gasteiger partial charge >= 0.3 is 5.97 Å². The van der Waals surface area contributed by atoms with Crippen molar-refractivity contribution < 1.29 is 29.2 Å². The molecule has 0 aromatic carbocycles. The van der Waals surface area contributed by atoms with Crippen molar-refractivity contribution in [3.05, 3.63) is 11.6 Å². The van der Waals surface area contributed by atoms with Crippen molar-refractivity contribution in [2.24, 2.45) is 22.7 Å². The van der Waals surface area contributed by atoms with E-state index in [1.165, 1.54) is 0 Å². The van der Waals surface area contributed by atoms with E-state index in [0.717, 1.165) is 37.7 Å². The molecule has 7 atom stereocenters. The zero-order chi connectivity index (χ0) is 19.4. The minimum absolute atomic E-state index is 0.0384. The molecule has 0 bridgehead atoms. The molecule has 6 heteroatoms. The average molecular weight is 380 g/mol. The summed E-state index contributed by atoms with van der Waals surface area (Å²) < 4.78 is 16.7. The Labute approximate surface area is 160 Å². The van der Waals surface area contributed by atoms with Gasteiger partial charge in [-0.25, -0.2) is 4.79 Å². The lowest BCUT2D eigenvalue weighted by Crippen LogP contribution is -2.69. The van der Waals surface area contributed by atoms with Crippen LogP contribution in [0.5, 0.6) is 0 Å². The molecule has 4 aliphatic rings. The Morgan fingerprint density at radius 1 is 1.33 bits per heavy atom. The first-order valence-corrected chi connectivity index (χ1v) is 10.2. The lowest BCUT2D eigenvalue weighted by atomic mass is 9.42. The molecule has 2 aliphatic heterocycles. The van der Waals surface area contributed by atoms with E-state index in [9.17, 15) is 15.0 Å². The van der Waals surface area contributed by atoms with Crippen molar-refractivity contribution in [2.75, 3.05) is 20.3 Å². The van der Waals surface area contributed by atoms with Crippen LogP contribution < -0.4 is 0 Å². The number of hydrogen-bond acceptors (Lipinski definition) is 6. The molecule has 0 aromatic heterocycles. The molecule has 3 fully saturated rings. The summed E-state index contributed by atoms with van der Waals surface area (Å²) in [5.41, 5.74) is -0.838. The van der Waals surface area contributed by atoms with Gasteiger partial charge in [-0.1, -0.05) is 13.8 Å². The highest BCUT2D eigenvalue weighted by Gasteiger charge is 2.73. The average Bonchev–Trinajstić information content (AvgIpc) is 3.19. The third-order valence-electron chi connectivity index (χ3n) is 8.42. The number of aliphatic hydroxyl groups is 2. The van der Waals surface area contributed by atoms with Gasteiger partial charge < -0.3 is 24.4 Å². The van der Waals surface area contributed by atoms with Gasteiger partial charge in [0, 0.05) is 13.2 Å². The summed E-state index contributed by atoms with van der Waals surface area (Å²) in [6, 6.07) is 0. The maximum Gasteiger partial charge on any atom is 0.331 e. The van der Waals surface area contributed by atoms with Crippen molar-refractivity contribution in [3.8, 4) is 0 Å². The van der Waals surface area contributed by atoms with Crippen molar-refractivity contribution >= 4 is 5.97 Å². The Bertz CT molecular complexity index is 647. The van der Waals surface area contributed by atoms with Crippen LogP contribution in [0.3, 0.4) is 0 Å². The molecule has 4 rings (SSSR count). The Hall–Kier alpha value is -0.950. The van der Waals surface area contributed by atoms with Crippen LogP contribution in [0.1, 0.15) is 52.4 Å². The van der Waals surface area contributed by atoms with Gasteiger partial charge in [0.05, 0.1) is 18.1 Å². The molecule has 2 heterocycles. The summed E-state index contributed by atoms with van der Waals surface area (Å²) in [6.07, 6.45) is 5.26. The SMILES string of the molecule is CO[C@H]1OC[C@]2(O)[C@H](O)CC[C@H]3[C@](C)(CCC4=CC(=O)OC4)[C@@H](C)CC[C@]132. The fourth-order valence-corrected chi connectivity index (χ4v) is 6.63. The molecule has 1 spiro atoms. The number of carbonyl (C=O) groups excluding carboxylic acids is 1. The second-order valence-electron chi connectivity index (χ2n) is 9.34. The molecule has 2 N–H and O–H groups in total.